The Balaban J connectivity index is 2.16. The lowest BCUT2D eigenvalue weighted by molar-refractivity contribution is 0.0510. The van der Waals surface area contributed by atoms with E-state index in [0.717, 1.165) is 6.54 Å². The summed E-state index contributed by atoms with van der Waals surface area (Å²) in [7, 11) is 0. The summed E-state index contributed by atoms with van der Waals surface area (Å²) < 4.78 is 5.69. The normalized spacial score (nSPS) is 27.8. The van der Waals surface area contributed by atoms with Gasteiger partial charge < -0.3 is 4.74 Å². The van der Waals surface area contributed by atoms with E-state index in [-0.39, 0.29) is 6.23 Å². The molecule has 1 aliphatic rings. The van der Waals surface area contributed by atoms with Gasteiger partial charge >= 0.3 is 0 Å². The zero-order valence-corrected chi connectivity index (χ0v) is 8.08. The van der Waals surface area contributed by atoms with E-state index in [0.29, 0.717) is 6.10 Å². The molecule has 1 aromatic carbocycles. The standard InChI is InChI=1S/C11H15NO/c1-8-4-3-5-10(6-8)11-12-7-9(2)13-11/h3-6,9,11-12H,7H2,1-2H3. The fraction of sp³-hybridized carbons (Fsp3) is 0.455. The molecule has 0 radical (unpaired) electrons. The van der Waals surface area contributed by atoms with E-state index in [9.17, 15) is 0 Å². The molecule has 0 aromatic heterocycles. The second-order valence-corrected chi connectivity index (χ2v) is 3.65. The van der Waals surface area contributed by atoms with Crippen molar-refractivity contribution in [1.29, 1.82) is 0 Å². The quantitative estimate of drug-likeness (QED) is 0.708. The zero-order chi connectivity index (χ0) is 9.26. The second kappa shape index (κ2) is 3.48. The number of aryl methyl sites for hydroxylation is 1. The number of ether oxygens (including phenoxy) is 1. The van der Waals surface area contributed by atoms with Gasteiger partial charge in [0.2, 0.25) is 0 Å². The average molecular weight is 177 g/mol. The first-order valence-electron chi connectivity index (χ1n) is 4.71. The van der Waals surface area contributed by atoms with Gasteiger partial charge in [-0.05, 0) is 19.4 Å². The molecule has 2 unspecified atom stereocenters. The van der Waals surface area contributed by atoms with Crippen LogP contribution in [-0.4, -0.2) is 12.6 Å². The Hall–Kier alpha value is -0.860. The molecule has 2 heteroatoms. The summed E-state index contributed by atoms with van der Waals surface area (Å²) in [6.07, 6.45) is 0.417. The Kier molecular flexibility index (Phi) is 2.34. The third-order valence-corrected chi connectivity index (χ3v) is 2.30. The van der Waals surface area contributed by atoms with Crippen LogP contribution in [0.15, 0.2) is 24.3 Å². The SMILES string of the molecule is Cc1cccc(C2NCC(C)O2)c1. The van der Waals surface area contributed by atoms with Crippen molar-refractivity contribution in [3.8, 4) is 0 Å². The predicted octanol–water partition coefficient (Wildman–Crippen LogP) is 2.00. The summed E-state index contributed by atoms with van der Waals surface area (Å²) in [6.45, 7) is 5.13. The maximum absolute atomic E-state index is 5.69. The Morgan fingerprint density at radius 3 is 2.92 bits per heavy atom. The molecule has 0 saturated carbocycles. The first kappa shape index (κ1) is 8.73. The highest BCUT2D eigenvalue weighted by Crippen LogP contribution is 2.21. The third-order valence-electron chi connectivity index (χ3n) is 2.30. The van der Waals surface area contributed by atoms with Gasteiger partial charge in [-0.1, -0.05) is 29.8 Å². The molecule has 0 amide bonds. The van der Waals surface area contributed by atoms with E-state index in [2.05, 4.69) is 43.4 Å². The number of hydrogen-bond acceptors (Lipinski definition) is 2. The molecule has 2 nitrogen and oxygen atoms in total. The van der Waals surface area contributed by atoms with Crippen LogP contribution in [0.3, 0.4) is 0 Å². The molecule has 1 aromatic rings. The van der Waals surface area contributed by atoms with Gasteiger partial charge in [0.1, 0.15) is 6.23 Å². The molecule has 0 spiro atoms. The molecule has 1 saturated heterocycles. The smallest absolute Gasteiger partial charge is 0.134 e. The molecule has 1 heterocycles. The highest BCUT2D eigenvalue weighted by molar-refractivity contribution is 5.24. The molecule has 0 bridgehead atoms. The fourth-order valence-electron chi connectivity index (χ4n) is 1.63. The van der Waals surface area contributed by atoms with Gasteiger partial charge in [0.15, 0.2) is 0 Å². The topological polar surface area (TPSA) is 21.3 Å². The van der Waals surface area contributed by atoms with Crippen LogP contribution < -0.4 is 5.32 Å². The van der Waals surface area contributed by atoms with Crippen LogP contribution in [-0.2, 0) is 4.74 Å². The molecule has 0 aliphatic carbocycles. The van der Waals surface area contributed by atoms with E-state index in [1.54, 1.807) is 0 Å². The number of hydrogen-bond donors (Lipinski definition) is 1. The summed E-state index contributed by atoms with van der Waals surface area (Å²) in [5.74, 6) is 0. The van der Waals surface area contributed by atoms with Crippen LogP contribution in [0.5, 0.6) is 0 Å². The highest BCUT2D eigenvalue weighted by Gasteiger charge is 2.21. The summed E-state index contributed by atoms with van der Waals surface area (Å²) in [5, 5.41) is 3.33. The average Bonchev–Trinajstić information content (AvgIpc) is 2.52. The third kappa shape index (κ3) is 1.90. The lowest BCUT2D eigenvalue weighted by Crippen LogP contribution is -2.14. The second-order valence-electron chi connectivity index (χ2n) is 3.65. The van der Waals surface area contributed by atoms with Crippen LogP contribution in [0.25, 0.3) is 0 Å². The van der Waals surface area contributed by atoms with Crippen molar-refractivity contribution < 1.29 is 4.74 Å². The van der Waals surface area contributed by atoms with Crippen LogP contribution >= 0.6 is 0 Å². The molecule has 2 atom stereocenters. The first-order valence-corrected chi connectivity index (χ1v) is 4.71. The molecular weight excluding hydrogens is 162 g/mol. The van der Waals surface area contributed by atoms with E-state index in [1.165, 1.54) is 11.1 Å². The minimum Gasteiger partial charge on any atom is -0.355 e. The summed E-state index contributed by atoms with van der Waals surface area (Å²) in [6, 6.07) is 8.43. The van der Waals surface area contributed by atoms with E-state index >= 15 is 0 Å². The Morgan fingerprint density at radius 1 is 1.46 bits per heavy atom. The molecule has 70 valence electrons. The van der Waals surface area contributed by atoms with Gasteiger partial charge in [-0.3, -0.25) is 5.32 Å². The molecule has 13 heavy (non-hydrogen) atoms. The first-order chi connectivity index (χ1) is 6.25. The fourth-order valence-corrected chi connectivity index (χ4v) is 1.63. The molecule has 1 N–H and O–H groups in total. The lowest BCUT2D eigenvalue weighted by Gasteiger charge is -2.11. The van der Waals surface area contributed by atoms with E-state index < -0.39 is 0 Å². The van der Waals surface area contributed by atoms with Gasteiger partial charge in [0.05, 0.1) is 6.10 Å². The number of benzene rings is 1. The van der Waals surface area contributed by atoms with E-state index in [1.807, 2.05) is 0 Å². The summed E-state index contributed by atoms with van der Waals surface area (Å²) in [4.78, 5) is 0. The molecule has 1 aliphatic heterocycles. The van der Waals surface area contributed by atoms with Gasteiger partial charge in [-0.25, -0.2) is 0 Å². The Bertz CT molecular complexity index is 298. The molecule has 1 fully saturated rings. The molecule has 2 rings (SSSR count). The van der Waals surface area contributed by atoms with Crippen LogP contribution in [0.4, 0.5) is 0 Å². The minimum absolute atomic E-state index is 0.0925. The number of nitrogens with one attached hydrogen (secondary N) is 1. The van der Waals surface area contributed by atoms with Crippen molar-refractivity contribution in [3.63, 3.8) is 0 Å². The zero-order valence-electron chi connectivity index (χ0n) is 8.08. The number of rotatable bonds is 1. The van der Waals surface area contributed by atoms with Crippen molar-refractivity contribution in [2.24, 2.45) is 0 Å². The van der Waals surface area contributed by atoms with Gasteiger partial charge in [-0.15, -0.1) is 0 Å². The molecular formula is C11H15NO. The minimum atomic E-state index is 0.0925. The van der Waals surface area contributed by atoms with Crippen LogP contribution in [0.2, 0.25) is 0 Å². The summed E-state index contributed by atoms with van der Waals surface area (Å²) in [5.41, 5.74) is 2.51. The summed E-state index contributed by atoms with van der Waals surface area (Å²) >= 11 is 0. The van der Waals surface area contributed by atoms with Crippen molar-refractivity contribution in [2.75, 3.05) is 6.54 Å². The van der Waals surface area contributed by atoms with Gasteiger partial charge in [-0.2, -0.15) is 0 Å². The van der Waals surface area contributed by atoms with Crippen molar-refractivity contribution >= 4 is 0 Å². The van der Waals surface area contributed by atoms with Crippen LogP contribution in [0.1, 0.15) is 24.3 Å². The maximum atomic E-state index is 5.69. The highest BCUT2D eigenvalue weighted by atomic mass is 16.5. The van der Waals surface area contributed by atoms with Gasteiger partial charge in [0, 0.05) is 6.54 Å². The Morgan fingerprint density at radius 2 is 2.31 bits per heavy atom. The maximum Gasteiger partial charge on any atom is 0.134 e. The van der Waals surface area contributed by atoms with Crippen molar-refractivity contribution in [3.05, 3.63) is 35.4 Å². The van der Waals surface area contributed by atoms with Crippen LogP contribution in [0, 0.1) is 6.92 Å². The Labute approximate surface area is 78.9 Å². The monoisotopic (exact) mass is 177 g/mol. The van der Waals surface area contributed by atoms with Gasteiger partial charge in [0.25, 0.3) is 0 Å². The lowest BCUT2D eigenvalue weighted by atomic mass is 10.1. The predicted molar refractivity (Wildman–Crippen MR) is 52.5 cm³/mol. The largest absolute Gasteiger partial charge is 0.355 e. The van der Waals surface area contributed by atoms with E-state index in [4.69, 9.17) is 4.74 Å². The van der Waals surface area contributed by atoms with Crippen molar-refractivity contribution in [2.45, 2.75) is 26.2 Å². The van der Waals surface area contributed by atoms with Crippen molar-refractivity contribution in [1.82, 2.24) is 5.32 Å².